The lowest BCUT2D eigenvalue weighted by Crippen LogP contribution is -2.44. The van der Waals surface area contributed by atoms with Gasteiger partial charge in [-0.25, -0.2) is 27.6 Å². The number of hydrogen-bond donors (Lipinski definition) is 2. The molecule has 1 aliphatic rings. The van der Waals surface area contributed by atoms with Crippen LogP contribution < -0.4 is 15.5 Å². The van der Waals surface area contributed by atoms with Crippen LogP contribution in [0.1, 0.15) is 26.7 Å². The van der Waals surface area contributed by atoms with Crippen molar-refractivity contribution in [2.45, 2.75) is 37.6 Å². The highest BCUT2D eigenvalue weighted by Gasteiger charge is 2.24. The van der Waals surface area contributed by atoms with Gasteiger partial charge in [-0.15, -0.1) is 0 Å². The number of amides is 2. The summed E-state index contributed by atoms with van der Waals surface area (Å²) in [5.41, 5.74) is 2.16. The molecule has 0 spiro atoms. The first-order valence-corrected chi connectivity index (χ1v) is 14.8. The number of benzene rings is 2. The van der Waals surface area contributed by atoms with Gasteiger partial charge in [0.15, 0.2) is 9.84 Å². The van der Waals surface area contributed by atoms with Gasteiger partial charge in [0.25, 0.3) is 0 Å². The lowest BCUT2D eigenvalue weighted by atomic mass is 10.1. The van der Waals surface area contributed by atoms with Gasteiger partial charge in [-0.05, 0) is 56.7 Å². The summed E-state index contributed by atoms with van der Waals surface area (Å²) in [5, 5.41) is 5.46. The zero-order valence-corrected chi connectivity index (χ0v) is 23.4. The summed E-state index contributed by atoms with van der Waals surface area (Å²) in [6, 6.07) is 11.7. The van der Waals surface area contributed by atoms with E-state index in [0.29, 0.717) is 62.0 Å². The lowest BCUT2D eigenvalue weighted by Gasteiger charge is -2.33. The zero-order valence-electron chi connectivity index (χ0n) is 22.6. The molecule has 0 radical (unpaired) electrons. The summed E-state index contributed by atoms with van der Waals surface area (Å²) in [6.07, 6.45) is 2.04. The standard InChI is InChI=1S/C28H32FN5O5S/c1-18-17-39-14-13-34(18)27-32-24(16-25(33-27)23-15-21(29)8-11-26(23)40(3,37)38)20-6-9-22(10-7-20)31-28(36)30-12-4-5-19(2)35/h6-11,15-16,18H,4-5,12-14,17H2,1-3H3,(H2,30,31,36)/t18-/m0/s1. The van der Waals surface area contributed by atoms with Crippen LogP contribution >= 0.6 is 0 Å². The van der Waals surface area contributed by atoms with Gasteiger partial charge < -0.3 is 25.1 Å². The third-order valence-electron chi connectivity index (χ3n) is 6.39. The summed E-state index contributed by atoms with van der Waals surface area (Å²) in [6.45, 7) is 5.37. The van der Waals surface area contributed by atoms with Crippen molar-refractivity contribution >= 4 is 33.3 Å². The van der Waals surface area contributed by atoms with Gasteiger partial charge in [-0.2, -0.15) is 0 Å². The summed E-state index contributed by atoms with van der Waals surface area (Å²) in [7, 11) is -3.68. The average Bonchev–Trinajstić information content (AvgIpc) is 2.91. The van der Waals surface area contributed by atoms with Crippen molar-refractivity contribution in [2.75, 3.05) is 42.8 Å². The van der Waals surface area contributed by atoms with Gasteiger partial charge in [-0.3, -0.25) is 0 Å². The number of morpholine rings is 1. The van der Waals surface area contributed by atoms with E-state index in [0.717, 1.165) is 18.4 Å². The fourth-order valence-corrected chi connectivity index (χ4v) is 5.22. The minimum absolute atomic E-state index is 0.0285. The minimum Gasteiger partial charge on any atom is -0.377 e. The van der Waals surface area contributed by atoms with E-state index >= 15 is 0 Å². The molecule has 3 aromatic rings. The molecule has 2 amide bonds. The van der Waals surface area contributed by atoms with E-state index in [4.69, 9.17) is 9.72 Å². The van der Waals surface area contributed by atoms with E-state index in [-0.39, 0.29) is 34.0 Å². The number of sulfone groups is 1. The molecule has 1 aromatic heterocycles. The van der Waals surface area contributed by atoms with Crippen molar-refractivity contribution in [2.24, 2.45) is 0 Å². The smallest absolute Gasteiger partial charge is 0.319 e. The topological polar surface area (TPSA) is 131 Å². The summed E-state index contributed by atoms with van der Waals surface area (Å²) < 4.78 is 44.9. The van der Waals surface area contributed by atoms with Crippen molar-refractivity contribution in [1.82, 2.24) is 15.3 Å². The number of hydrogen-bond acceptors (Lipinski definition) is 8. The Labute approximate surface area is 232 Å². The highest BCUT2D eigenvalue weighted by Crippen LogP contribution is 2.32. The van der Waals surface area contributed by atoms with Gasteiger partial charge in [0, 0.05) is 42.6 Å². The second kappa shape index (κ2) is 12.5. The van der Waals surface area contributed by atoms with Crippen molar-refractivity contribution in [3.8, 4) is 22.5 Å². The Bertz CT molecular complexity index is 1500. The summed E-state index contributed by atoms with van der Waals surface area (Å²) in [4.78, 5) is 34.6. The molecule has 2 aromatic carbocycles. The van der Waals surface area contributed by atoms with Crippen LogP contribution in [0.3, 0.4) is 0 Å². The van der Waals surface area contributed by atoms with Gasteiger partial charge in [-0.1, -0.05) is 12.1 Å². The molecule has 1 aliphatic heterocycles. The molecule has 0 saturated carbocycles. The number of ketones is 1. The molecule has 2 heterocycles. The number of anilines is 2. The number of carbonyl (C=O) groups is 2. The van der Waals surface area contributed by atoms with Crippen LogP contribution in [0.5, 0.6) is 0 Å². The van der Waals surface area contributed by atoms with Gasteiger partial charge >= 0.3 is 6.03 Å². The predicted molar refractivity (Wildman–Crippen MR) is 151 cm³/mol. The predicted octanol–water partition coefficient (Wildman–Crippen LogP) is 4.07. The Hall–Kier alpha value is -3.90. The number of carbonyl (C=O) groups excluding carboxylic acids is 2. The van der Waals surface area contributed by atoms with E-state index in [1.54, 1.807) is 30.3 Å². The fourth-order valence-electron chi connectivity index (χ4n) is 4.34. The lowest BCUT2D eigenvalue weighted by molar-refractivity contribution is -0.117. The van der Waals surface area contributed by atoms with E-state index in [2.05, 4.69) is 15.6 Å². The molecule has 10 nitrogen and oxygen atoms in total. The monoisotopic (exact) mass is 569 g/mol. The molecule has 1 fully saturated rings. The highest BCUT2D eigenvalue weighted by molar-refractivity contribution is 7.90. The Kier molecular flexibility index (Phi) is 9.10. The number of rotatable bonds is 9. The highest BCUT2D eigenvalue weighted by atomic mass is 32.2. The summed E-state index contributed by atoms with van der Waals surface area (Å²) in [5.74, 6) is -0.139. The number of halogens is 1. The molecule has 40 heavy (non-hydrogen) atoms. The quantitative estimate of drug-likeness (QED) is 0.291. The molecular formula is C28H32FN5O5S. The van der Waals surface area contributed by atoms with Gasteiger partial charge in [0.1, 0.15) is 11.6 Å². The van der Waals surface area contributed by atoms with E-state index in [9.17, 15) is 22.4 Å². The molecule has 0 aliphatic carbocycles. The molecule has 4 rings (SSSR count). The van der Waals surface area contributed by atoms with Crippen LogP contribution in [-0.4, -0.2) is 68.8 Å². The maximum atomic E-state index is 14.3. The molecule has 0 unspecified atom stereocenters. The zero-order chi connectivity index (χ0) is 28.9. The molecule has 12 heteroatoms. The Balaban J connectivity index is 1.67. The molecule has 1 atom stereocenters. The number of aromatic nitrogens is 2. The van der Waals surface area contributed by atoms with Crippen LogP contribution in [0.2, 0.25) is 0 Å². The Morgan fingerprint density at radius 1 is 1.10 bits per heavy atom. The van der Waals surface area contributed by atoms with Crippen molar-refractivity contribution < 1.29 is 27.1 Å². The second-order valence-electron chi connectivity index (χ2n) is 9.73. The van der Waals surface area contributed by atoms with Crippen LogP contribution in [-0.2, 0) is 19.4 Å². The molecular weight excluding hydrogens is 537 g/mol. The number of nitrogens with zero attached hydrogens (tertiary/aromatic N) is 3. The van der Waals surface area contributed by atoms with Crippen LogP contribution in [0.25, 0.3) is 22.5 Å². The Morgan fingerprint density at radius 3 is 2.50 bits per heavy atom. The second-order valence-corrected chi connectivity index (χ2v) is 11.7. The average molecular weight is 570 g/mol. The van der Waals surface area contributed by atoms with Crippen molar-refractivity contribution in [1.29, 1.82) is 0 Å². The Morgan fingerprint density at radius 2 is 1.82 bits per heavy atom. The minimum atomic E-state index is -3.68. The number of ether oxygens (including phenoxy) is 1. The largest absolute Gasteiger partial charge is 0.377 e. The number of urea groups is 1. The van der Waals surface area contributed by atoms with Crippen LogP contribution in [0, 0.1) is 5.82 Å². The van der Waals surface area contributed by atoms with E-state index < -0.39 is 15.7 Å². The molecule has 0 bridgehead atoms. The summed E-state index contributed by atoms with van der Waals surface area (Å²) >= 11 is 0. The fraction of sp³-hybridized carbons (Fsp3) is 0.357. The van der Waals surface area contributed by atoms with Crippen molar-refractivity contribution in [3.05, 3.63) is 54.3 Å². The van der Waals surface area contributed by atoms with Crippen molar-refractivity contribution in [3.63, 3.8) is 0 Å². The van der Waals surface area contributed by atoms with Gasteiger partial charge in [0.2, 0.25) is 5.95 Å². The first-order chi connectivity index (χ1) is 19.0. The molecule has 2 N–H and O–H groups in total. The van der Waals surface area contributed by atoms with E-state index in [1.165, 1.54) is 13.0 Å². The molecule has 1 saturated heterocycles. The number of Topliss-reactive ketones (excluding diaryl/α,β-unsaturated/α-hetero) is 1. The molecule has 212 valence electrons. The van der Waals surface area contributed by atoms with Crippen LogP contribution in [0.15, 0.2) is 53.4 Å². The maximum Gasteiger partial charge on any atom is 0.319 e. The third-order valence-corrected chi connectivity index (χ3v) is 7.54. The van der Waals surface area contributed by atoms with Gasteiger partial charge in [0.05, 0.1) is 35.5 Å². The normalized spacial score (nSPS) is 15.5. The first-order valence-electron chi connectivity index (χ1n) is 12.9. The third kappa shape index (κ3) is 7.39. The van der Waals surface area contributed by atoms with E-state index in [1.807, 2.05) is 11.8 Å². The maximum absolute atomic E-state index is 14.3. The number of nitrogens with one attached hydrogen (secondary N) is 2. The van der Waals surface area contributed by atoms with Crippen LogP contribution in [0.4, 0.5) is 20.8 Å². The first kappa shape index (κ1) is 29.1. The SMILES string of the molecule is CC(=O)CCCNC(=O)Nc1ccc(-c2cc(-c3cc(F)ccc3S(C)(=O)=O)nc(N3CCOC[C@@H]3C)n2)cc1.